The Morgan fingerprint density at radius 1 is 0.950 bits per heavy atom. The van der Waals surface area contributed by atoms with Crippen LogP contribution >= 0.6 is 11.8 Å². The number of benzene rings is 2. The van der Waals surface area contributed by atoms with Crippen molar-refractivity contribution in [1.82, 2.24) is 5.32 Å². The predicted octanol–water partition coefficient (Wildman–Crippen LogP) is 4.06. The molecule has 0 aromatic heterocycles. The van der Waals surface area contributed by atoms with Crippen LogP contribution in [0.2, 0.25) is 0 Å². The van der Waals surface area contributed by atoms with Gasteiger partial charge >= 0.3 is 0 Å². The van der Waals surface area contributed by atoms with Gasteiger partial charge in [-0.1, -0.05) is 61.2 Å². The topological polar surface area (TPSA) is 21.3 Å². The van der Waals surface area contributed by atoms with E-state index < -0.39 is 0 Å². The largest absolute Gasteiger partial charge is 0.366 e. The van der Waals surface area contributed by atoms with Crippen LogP contribution in [0.1, 0.15) is 18.1 Å². The number of rotatable bonds is 8. The zero-order chi connectivity index (χ0) is 14.0. The number of ether oxygens (including phenoxy) is 1. The quantitative estimate of drug-likeness (QED) is 0.449. The fourth-order valence-electron chi connectivity index (χ4n) is 1.82. The molecule has 0 radical (unpaired) electrons. The van der Waals surface area contributed by atoms with Crippen molar-refractivity contribution in [2.75, 3.05) is 12.5 Å². The summed E-state index contributed by atoms with van der Waals surface area (Å²) in [6, 6.07) is 18.9. The molecule has 0 heterocycles. The molecule has 0 saturated heterocycles. The Bertz CT molecular complexity index is 484. The second kappa shape index (κ2) is 8.80. The summed E-state index contributed by atoms with van der Waals surface area (Å²) in [4.78, 5) is 1.25. The van der Waals surface area contributed by atoms with E-state index in [1.165, 1.54) is 16.0 Å². The molecule has 2 nitrogen and oxygen atoms in total. The molecule has 106 valence electrons. The van der Waals surface area contributed by atoms with Crippen LogP contribution in [-0.4, -0.2) is 12.5 Å². The molecule has 0 amide bonds. The Kier molecular flexibility index (Phi) is 6.64. The lowest BCUT2D eigenvalue weighted by molar-refractivity contribution is 0.169. The van der Waals surface area contributed by atoms with Gasteiger partial charge in [0.1, 0.15) is 0 Å². The summed E-state index contributed by atoms with van der Waals surface area (Å²) in [7, 11) is 0. The second-order valence-corrected chi connectivity index (χ2v) is 5.52. The maximum Gasteiger partial charge on any atom is 0.0971 e. The minimum absolute atomic E-state index is 0.673. The molecule has 0 aliphatic rings. The van der Waals surface area contributed by atoms with Crippen molar-refractivity contribution >= 4 is 11.8 Å². The fourth-order valence-corrected chi connectivity index (χ4v) is 2.45. The highest BCUT2D eigenvalue weighted by Crippen LogP contribution is 2.19. The lowest BCUT2D eigenvalue weighted by Gasteiger charge is -2.06. The zero-order valence-electron chi connectivity index (χ0n) is 11.8. The van der Waals surface area contributed by atoms with Gasteiger partial charge in [-0.3, -0.25) is 0 Å². The summed E-state index contributed by atoms with van der Waals surface area (Å²) in [5.41, 5.74) is 2.54. The molecule has 1 N–H and O–H groups in total. The normalized spacial score (nSPS) is 10.7. The highest BCUT2D eigenvalue weighted by Gasteiger charge is 1.97. The van der Waals surface area contributed by atoms with Gasteiger partial charge in [-0.25, -0.2) is 0 Å². The molecule has 0 saturated carbocycles. The van der Waals surface area contributed by atoms with Crippen LogP contribution in [0.4, 0.5) is 0 Å². The molecule has 0 fully saturated rings. The molecule has 0 aliphatic carbocycles. The molecular weight excluding hydrogens is 266 g/mol. The number of hydrogen-bond donors (Lipinski definition) is 1. The Morgan fingerprint density at radius 2 is 1.70 bits per heavy atom. The van der Waals surface area contributed by atoms with Crippen LogP contribution in [0, 0.1) is 0 Å². The van der Waals surface area contributed by atoms with Crippen molar-refractivity contribution in [1.29, 1.82) is 0 Å². The Balaban J connectivity index is 1.69. The smallest absolute Gasteiger partial charge is 0.0971 e. The maximum absolute atomic E-state index is 5.67. The first kappa shape index (κ1) is 15.1. The zero-order valence-corrected chi connectivity index (χ0v) is 12.7. The first-order chi connectivity index (χ1) is 9.88. The molecule has 0 atom stereocenters. The van der Waals surface area contributed by atoms with Gasteiger partial charge in [0, 0.05) is 11.4 Å². The highest BCUT2D eigenvalue weighted by atomic mass is 32.2. The maximum atomic E-state index is 5.67. The molecule has 0 aliphatic heterocycles. The van der Waals surface area contributed by atoms with E-state index >= 15 is 0 Å². The Morgan fingerprint density at radius 3 is 2.40 bits per heavy atom. The molecule has 0 unspecified atom stereocenters. The Labute approximate surface area is 125 Å². The van der Waals surface area contributed by atoms with Gasteiger partial charge in [0.05, 0.1) is 12.5 Å². The number of nitrogens with one attached hydrogen (secondary N) is 1. The highest BCUT2D eigenvalue weighted by molar-refractivity contribution is 7.99. The van der Waals surface area contributed by atoms with Gasteiger partial charge in [0.15, 0.2) is 0 Å². The fraction of sp³-hybridized carbons (Fsp3) is 0.294. The van der Waals surface area contributed by atoms with Crippen molar-refractivity contribution in [3.63, 3.8) is 0 Å². The van der Waals surface area contributed by atoms with Gasteiger partial charge in [-0.05, 0) is 29.8 Å². The van der Waals surface area contributed by atoms with Crippen molar-refractivity contribution in [2.24, 2.45) is 0 Å². The Hall–Kier alpha value is -1.29. The average Bonchev–Trinajstić information content (AvgIpc) is 2.52. The monoisotopic (exact) mass is 287 g/mol. The molecule has 2 aromatic rings. The third kappa shape index (κ3) is 5.37. The predicted molar refractivity (Wildman–Crippen MR) is 85.8 cm³/mol. The lowest BCUT2D eigenvalue weighted by Crippen LogP contribution is -2.11. The summed E-state index contributed by atoms with van der Waals surface area (Å²) < 4.78 is 5.67. The third-order valence-corrected chi connectivity index (χ3v) is 3.81. The SMILES string of the molecule is CCNCc1ccc(SCOCc2ccccc2)cc1. The van der Waals surface area contributed by atoms with Gasteiger partial charge < -0.3 is 10.1 Å². The van der Waals surface area contributed by atoms with Gasteiger partial charge in [0.2, 0.25) is 0 Å². The van der Waals surface area contributed by atoms with E-state index in [4.69, 9.17) is 4.74 Å². The molecule has 3 heteroatoms. The number of hydrogen-bond acceptors (Lipinski definition) is 3. The van der Waals surface area contributed by atoms with Crippen LogP contribution < -0.4 is 5.32 Å². The first-order valence-corrected chi connectivity index (χ1v) is 7.91. The molecule has 2 aromatic carbocycles. The third-order valence-electron chi connectivity index (χ3n) is 2.92. The van der Waals surface area contributed by atoms with Crippen LogP contribution in [0.5, 0.6) is 0 Å². The molecule has 2 rings (SSSR count). The summed E-state index contributed by atoms with van der Waals surface area (Å²) in [6.07, 6.45) is 0. The second-order valence-electron chi connectivity index (χ2n) is 4.52. The summed E-state index contributed by atoms with van der Waals surface area (Å²) >= 11 is 1.73. The average molecular weight is 287 g/mol. The minimum Gasteiger partial charge on any atom is -0.366 e. The van der Waals surface area contributed by atoms with E-state index in [0.29, 0.717) is 12.5 Å². The van der Waals surface area contributed by atoms with Crippen LogP contribution in [0.25, 0.3) is 0 Å². The molecule has 0 bridgehead atoms. The van der Waals surface area contributed by atoms with Crippen molar-refractivity contribution in [3.8, 4) is 0 Å². The van der Waals surface area contributed by atoms with Gasteiger partial charge in [-0.2, -0.15) is 0 Å². The minimum atomic E-state index is 0.673. The van der Waals surface area contributed by atoms with Crippen LogP contribution in [0.3, 0.4) is 0 Å². The molecule has 20 heavy (non-hydrogen) atoms. The van der Waals surface area contributed by atoms with Gasteiger partial charge in [0.25, 0.3) is 0 Å². The van der Waals surface area contributed by atoms with E-state index in [0.717, 1.165) is 13.1 Å². The van der Waals surface area contributed by atoms with Crippen molar-refractivity contribution < 1.29 is 4.74 Å². The summed E-state index contributed by atoms with van der Waals surface area (Å²) in [5.74, 6) is 0.682. The standard InChI is InChI=1S/C17H21NOS/c1-2-18-12-15-8-10-17(11-9-15)20-14-19-13-16-6-4-3-5-7-16/h3-11,18H,2,12-14H2,1H3. The van der Waals surface area contributed by atoms with E-state index in [1.807, 2.05) is 18.2 Å². The summed E-state index contributed by atoms with van der Waals surface area (Å²) in [6.45, 7) is 4.73. The molecule has 0 spiro atoms. The van der Waals surface area contributed by atoms with Crippen molar-refractivity contribution in [3.05, 3.63) is 65.7 Å². The number of thioether (sulfide) groups is 1. The van der Waals surface area contributed by atoms with E-state index in [9.17, 15) is 0 Å². The van der Waals surface area contributed by atoms with Gasteiger partial charge in [-0.15, -0.1) is 0 Å². The summed E-state index contributed by atoms with van der Waals surface area (Å²) in [5, 5.41) is 3.32. The van der Waals surface area contributed by atoms with E-state index in [-0.39, 0.29) is 0 Å². The van der Waals surface area contributed by atoms with E-state index in [1.54, 1.807) is 11.8 Å². The lowest BCUT2D eigenvalue weighted by atomic mass is 10.2. The van der Waals surface area contributed by atoms with Crippen LogP contribution in [-0.2, 0) is 17.9 Å². The van der Waals surface area contributed by atoms with Crippen molar-refractivity contribution in [2.45, 2.75) is 25.0 Å². The van der Waals surface area contributed by atoms with Crippen LogP contribution in [0.15, 0.2) is 59.5 Å². The molecular formula is C17H21NOS. The first-order valence-electron chi connectivity index (χ1n) is 6.92. The van der Waals surface area contributed by atoms with E-state index in [2.05, 4.69) is 48.6 Å².